The first-order chi connectivity index (χ1) is 8.60. The van der Waals surface area contributed by atoms with E-state index in [1.165, 1.54) is 11.3 Å². The Morgan fingerprint density at radius 1 is 1.50 bits per heavy atom. The van der Waals surface area contributed by atoms with E-state index >= 15 is 0 Å². The number of thiophene rings is 1. The molecule has 1 saturated carbocycles. The van der Waals surface area contributed by atoms with E-state index in [2.05, 4.69) is 21.2 Å². The molecule has 100 valence electrons. The zero-order chi connectivity index (χ0) is 13.1. The molecule has 2 N–H and O–H groups in total. The molecule has 0 aromatic carbocycles. The van der Waals surface area contributed by atoms with Crippen LogP contribution >= 0.6 is 27.3 Å². The molecule has 0 radical (unpaired) electrons. The minimum absolute atomic E-state index is 0.0645. The van der Waals surface area contributed by atoms with Gasteiger partial charge in [-0.15, -0.1) is 11.3 Å². The average molecular weight is 334 g/mol. The Labute approximate surface area is 118 Å². The molecule has 1 aromatic heterocycles. The number of rotatable bonds is 3. The van der Waals surface area contributed by atoms with Crippen molar-refractivity contribution < 1.29 is 14.6 Å². The van der Waals surface area contributed by atoms with Gasteiger partial charge in [0.2, 0.25) is 0 Å². The van der Waals surface area contributed by atoms with Crippen molar-refractivity contribution in [1.29, 1.82) is 0 Å². The summed E-state index contributed by atoms with van der Waals surface area (Å²) < 4.78 is 5.96. The summed E-state index contributed by atoms with van der Waals surface area (Å²) in [6.07, 6.45) is 3.02. The predicted molar refractivity (Wildman–Crippen MR) is 74.3 cm³/mol. The maximum Gasteiger partial charge on any atom is 0.261 e. The molecule has 18 heavy (non-hydrogen) atoms. The lowest BCUT2D eigenvalue weighted by molar-refractivity contribution is 0.0871. The number of hydrogen-bond acceptors (Lipinski definition) is 4. The number of carbonyl (C=O) groups excluding carboxylic acids is 1. The van der Waals surface area contributed by atoms with Crippen LogP contribution in [0.3, 0.4) is 0 Å². The van der Waals surface area contributed by atoms with Gasteiger partial charge in [0.25, 0.3) is 5.91 Å². The molecule has 0 bridgehead atoms. The Kier molecular flexibility index (Phi) is 4.64. The van der Waals surface area contributed by atoms with Gasteiger partial charge in [0.15, 0.2) is 0 Å². The molecule has 0 saturated heterocycles. The number of carbonyl (C=O) groups is 1. The van der Waals surface area contributed by atoms with Crippen LogP contribution in [0.25, 0.3) is 0 Å². The number of amides is 1. The summed E-state index contributed by atoms with van der Waals surface area (Å²) in [5, 5.41) is 12.4. The molecule has 4 nitrogen and oxygen atoms in total. The average Bonchev–Trinajstić information content (AvgIpc) is 2.73. The van der Waals surface area contributed by atoms with E-state index in [4.69, 9.17) is 4.74 Å². The normalized spacial score (nSPS) is 23.7. The summed E-state index contributed by atoms with van der Waals surface area (Å²) in [5.41, 5.74) is 0. The van der Waals surface area contributed by atoms with Crippen molar-refractivity contribution in [2.45, 2.75) is 37.8 Å². The lowest BCUT2D eigenvalue weighted by Gasteiger charge is -2.25. The summed E-state index contributed by atoms with van der Waals surface area (Å²) in [5.74, 6) is 0.620. The van der Waals surface area contributed by atoms with E-state index in [9.17, 15) is 9.90 Å². The van der Waals surface area contributed by atoms with E-state index in [-0.39, 0.29) is 18.1 Å². The van der Waals surface area contributed by atoms with Crippen LogP contribution in [-0.2, 0) is 0 Å². The number of nitrogens with one attached hydrogen (secondary N) is 1. The van der Waals surface area contributed by atoms with Gasteiger partial charge in [0.1, 0.15) is 9.54 Å². The molecule has 1 amide bonds. The minimum atomic E-state index is -0.200. The Bertz CT molecular complexity index is 427. The quantitative estimate of drug-likeness (QED) is 0.893. The second-order valence-electron chi connectivity index (χ2n) is 4.43. The van der Waals surface area contributed by atoms with Crippen LogP contribution in [0.2, 0.25) is 0 Å². The number of hydrogen-bond donors (Lipinski definition) is 2. The zero-order valence-electron chi connectivity index (χ0n) is 10.1. The fraction of sp³-hybridized carbons (Fsp3) is 0.583. The van der Waals surface area contributed by atoms with Crippen molar-refractivity contribution in [3.63, 3.8) is 0 Å². The maximum atomic E-state index is 12.0. The van der Waals surface area contributed by atoms with Crippen LogP contribution in [0.15, 0.2) is 9.85 Å². The highest BCUT2D eigenvalue weighted by Crippen LogP contribution is 2.34. The van der Waals surface area contributed by atoms with Gasteiger partial charge in [0.05, 0.1) is 18.1 Å². The predicted octanol–water partition coefficient (Wildman–Crippen LogP) is 2.55. The van der Waals surface area contributed by atoms with Gasteiger partial charge in [-0.05, 0) is 41.6 Å². The molecule has 0 spiro atoms. The monoisotopic (exact) mass is 333 g/mol. The topological polar surface area (TPSA) is 58.6 Å². The highest BCUT2D eigenvalue weighted by atomic mass is 79.9. The van der Waals surface area contributed by atoms with Crippen LogP contribution in [0.5, 0.6) is 5.75 Å². The van der Waals surface area contributed by atoms with E-state index in [1.54, 1.807) is 13.2 Å². The number of ether oxygens (including phenoxy) is 1. The molecule has 0 atom stereocenters. The first kappa shape index (κ1) is 13.8. The van der Waals surface area contributed by atoms with Crippen LogP contribution < -0.4 is 10.1 Å². The maximum absolute atomic E-state index is 12.0. The smallest absolute Gasteiger partial charge is 0.261 e. The number of aliphatic hydroxyl groups is 1. The fourth-order valence-electron chi connectivity index (χ4n) is 2.08. The van der Waals surface area contributed by atoms with E-state index in [1.807, 2.05) is 0 Å². The number of aliphatic hydroxyl groups excluding tert-OH is 1. The van der Waals surface area contributed by atoms with Crippen molar-refractivity contribution in [2.24, 2.45) is 0 Å². The molecule has 1 aliphatic rings. The van der Waals surface area contributed by atoms with Crippen molar-refractivity contribution >= 4 is 33.2 Å². The van der Waals surface area contributed by atoms with Gasteiger partial charge in [-0.1, -0.05) is 0 Å². The Morgan fingerprint density at radius 3 is 2.72 bits per heavy atom. The zero-order valence-corrected chi connectivity index (χ0v) is 12.5. The van der Waals surface area contributed by atoms with Crippen molar-refractivity contribution in [3.8, 4) is 5.75 Å². The lowest BCUT2D eigenvalue weighted by atomic mass is 9.93. The summed E-state index contributed by atoms with van der Waals surface area (Å²) in [6, 6.07) is 1.91. The van der Waals surface area contributed by atoms with E-state index in [0.717, 1.165) is 29.5 Å². The van der Waals surface area contributed by atoms with Gasteiger partial charge in [0, 0.05) is 12.1 Å². The summed E-state index contributed by atoms with van der Waals surface area (Å²) >= 11 is 4.73. The van der Waals surface area contributed by atoms with Gasteiger partial charge in [-0.3, -0.25) is 4.79 Å². The number of halogens is 1. The third-order valence-electron chi connectivity index (χ3n) is 3.13. The van der Waals surface area contributed by atoms with Gasteiger partial charge in [-0.25, -0.2) is 0 Å². The Morgan fingerprint density at radius 2 is 2.17 bits per heavy atom. The van der Waals surface area contributed by atoms with Gasteiger partial charge in [-0.2, -0.15) is 0 Å². The molecule has 1 heterocycles. The van der Waals surface area contributed by atoms with Crippen LogP contribution in [0, 0.1) is 0 Å². The Balaban J connectivity index is 1.94. The molecule has 6 heteroatoms. The van der Waals surface area contributed by atoms with Crippen LogP contribution in [0.4, 0.5) is 0 Å². The van der Waals surface area contributed by atoms with E-state index in [0.29, 0.717) is 10.6 Å². The van der Waals surface area contributed by atoms with Crippen LogP contribution in [0.1, 0.15) is 35.4 Å². The summed E-state index contributed by atoms with van der Waals surface area (Å²) in [6.45, 7) is 0. The second kappa shape index (κ2) is 6.04. The molecule has 1 aliphatic carbocycles. The second-order valence-corrected chi connectivity index (χ2v) is 6.80. The summed E-state index contributed by atoms with van der Waals surface area (Å²) in [7, 11) is 1.58. The minimum Gasteiger partial charge on any atom is -0.495 e. The number of methoxy groups -OCH3 is 1. The molecule has 1 fully saturated rings. The van der Waals surface area contributed by atoms with Crippen molar-refractivity contribution in [2.75, 3.05) is 7.11 Å². The van der Waals surface area contributed by atoms with E-state index < -0.39 is 0 Å². The highest BCUT2D eigenvalue weighted by Gasteiger charge is 2.22. The van der Waals surface area contributed by atoms with Gasteiger partial charge < -0.3 is 15.2 Å². The largest absolute Gasteiger partial charge is 0.495 e. The Hall–Kier alpha value is -0.590. The molecule has 0 aliphatic heterocycles. The third kappa shape index (κ3) is 3.24. The first-order valence-electron chi connectivity index (χ1n) is 5.92. The molecule has 2 rings (SSSR count). The van der Waals surface area contributed by atoms with Crippen molar-refractivity contribution in [3.05, 3.63) is 14.7 Å². The molecule has 0 unspecified atom stereocenters. The fourth-order valence-corrected chi connectivity index (χ4v) is 3.63. The highest BCUT2D eigenvalue weighted by molar-refractivity contribution is 9.11. The third-order valence-corrected chi connectivity index (χ3v) is 4.91. The summed E-state index contributed by atoms with van der Waals surface area (Å²) in [4.78, 5) is 12.7. The van der Waals surface area contributed by atoms with Crippen molar-refractivity contribution in [1.82, 2.24) is 5.32 Å². The standard InChI is InChI=1S/C12H16BrNO3S/c1-17-9-6-10(18-11(9)13)12(16)14-7-2-4-8(15)5-3-7/h6-8,15H,2-5H2,1H3,(H,14,16). The van der Waals surface area contributed by atoms with Gasteiger partial charge >= 0.3 is 0 Å². The van der Waals surface area contributed by atoms with Crippen LogP contribution in [-0.4, -0.2) is 30.3 Å². The molecule has 1 aromatic rings. The lowest BCUT2D eigenvalue weighted by Crippen LogP contribution is -2.38. The molecular weight excluding hydrogens is 318 g/mol. The molecular formula is C12H16BrNO3S. The first-order valence-corrected chi connectivity index (χ1v) is 7.53. The SMILES string of the molecule is COc1cc(C(=O)NC2CCC(O)CC2)sc1Br.